The molecule has 1 aromatic carbocycles. The number of hydrogen-bond donors (Lipinski definition) is 1. The monoisotopic (exact) mass is 267 g/mol. The smallest absolute Gasteiger partial charge is 0.263 e. The fourth-order valence-electron chi connectivity index (χ4n) is 1.78. The Hall–Kier alpha value is -1.46. The average Bonchev–Trinajstić information content (AvgIpc) is 2.69. The van der Waals surface area contributed by atoms with Gasteiger partial charge in [-0.1, -0.05) is 6.07 Å². The van der Waals surface area contributed by atoms with Crippen LogP contribution in [0.5, 0.6) is 0 Å². The fourth-order valence-corrected chi connectivity index (χ4v) is 2.86. The lowest BCUT2D eigenvalue weighted by Gasteiger charge is -2.17. The number of fused-ring (bicyclic) bond motifs is 1. The Kier molecular flexibility index (Phi) is 3.63. The van der Waals surface area contributed by atoms with E-state index in [-0.39, 0.29) is 18.3 Å². The van der Waals surface area contributed by atoms with Crippen LogP contribution in [0.1, 0.15) is 16.6 Å². The molecule has 1 N–H and O–H groups in total. The lowest BCUT2D eigenvalue weighted by molar-refractivity contribution is 0.0708. The van der Waals surface area contributed by atoms with Crippen molar-refractivity contribution in [3.8, 4) is 0 Å². The zero-order chi connectivity index (χ0) is 13.3. The number of aliphatic hydroxyl groups is 1. The molecule has 0 aliphatic rings. The minimum atomic E-state index is -0.564. The maximum absolute atomic E-state index is 13.1. The van der Waals surface area contributed by atoms with Crippen LogP contribution in [-0.4, -0.2) is 35.6 Å². The molecule has 1 amide bonds. The summed E-state index contributed by atoms with van der Waals surface area (Å²) in [6, 6.07) is 6.21. The van der Waals surface area contributed by atoms with Crippen molar-refractivity contribution >= 4 is 27.3 Å². The summed E-state index contributed by atoms with van der Waals surface area (Å²) >= 11 is 1.26. The third kappa shape index (κ3) is 2.68. The first-order valence-corrected chi connectivity index (χ1v) is 6.41. The molecular weight excluding hydrogens is 253 g/mol. The number of amides is 1. The largest absolute Gasteiger partial charge is 0.392 e. The van der Waals surface area contributed by atoms with E-state index in [4.69, 9.17) is 0 Å². The van der Waals surface area contributed by atoms with E-state index in [0.717, 1.165) is 10.1 Å². The Balaban J connectivity index is 2.28. The van der Waals surface area contributed by atoms with Gasteiger partial charge in [0.25, 0.3) is 5.91 Å². The van der Waals surface area contributed by atoms with Gasteiger partial charge in [0.15, 0.2) is 0 Å². The molecule has 18 heavy (non-hydrogen) atoms. The first kappa shape index (κ1) is 13.0. The van der Waals surface area contributed by atoms with E-state index in [1.165, 1.54) is 28.4 Å². The zero-order valence-electron chi connectivity index (χ0n) is 10.2. The molecule has 0 aliphatic carbocycles. The molecular formula is C13H14FNO2S. The molecule has 2 rings (SSSR count). The quantitative estimate of drug-likeness (QED) is 0.928. The highest BCUT2D eigenvalue weighted by molar-refractivity contribution is 7.20. The zero-order valence-corrected chi connectivity index (χ0v) is 11.0. The van der Waals surface area contributed by atoms with Crippen molar-refractivity contribution in [1.82, 2.24) is 4.90 Å². The molecule has 0 radical (unpaired) electrons. The number of likely N-dealkylation sites (N-methyl/N-ethyl adjacent to an activating group) is 1. The minimum absolute atomic E-state index is 0.155. The van der Waals surface area contributed by atoms with E-state index in [0.29, 0.717) is 4.88 Å². The molecule has 96 valence electrons. The predicted octanol–water partition coefficient (Wildman–Crippen LogP) is 2.49. The molecule has 1 unspecified atom stereocenters. The number of carbonyl (C=O) groups excluding carboxylic acids is 1. The van der Waals surface area contributed by atoms with E-state index in [1.54, 1.807) is 26.1 Å². The summed E-state index contributed by atoms with van der Waals surface area (Å²) in [5.41, 5.74) is 0. The summed E-state index contributed by atoms with van der Waals surface area (Å²) in [6.45, 7) is 1.91. The number of thiophene rings is 1. The van der Waals surface area contributed by atoms with E-state index < -0.39 is 6.10 Å². The number of halogens is 1. The van der Waals surface area contributed by atoms with Gasteiger partial charge < -0.3 is 10.0 Å². The van der Waals surface area contributed by atoms with Crippen molar-refractivity contribution in [1.29, 1.82) is 0 Å². The average molecular weight is 267 g/mol. The highest BCUT2D eigenvalue weighted by Crippen LogP contribution is 2.27. The molecule has 1 heterocycles. The molecule has 3 nitrogen and oxygen atoms in total. The van der Waals surface area contributed by atoms with Gasteiger partial charge in [-0.15, -0.1) is 11.3 Å². The Labute approximate surface area is 108 Å². The van der Waals surface area contributed by atoms with Gasteiger partial charge in [-0.3, -0.25) is 4.79 Å². The van der Waals surface area contributed by atoms with Gasteiger partial charge in [0.1, 0.15) is 5.82 Å². The third-order valence-electron chi connectivity index (χ3n) is 2.58. The second kappa shape index (κ2) is 5.04. The molecule has 0 spiro atoms. The first-order chi connectivity index (χ1) is 8.47. The van der Waals surface area contributed by atoms with Gasteiger partial charge in [0.05, 0.1) is 11.0 Å². The van der Waals surface area contributed by atoms with Crippen LogP contribution in [-0.2, 0) is 0 Å². The fraction of sp³-hybridized carbons (Fsp3) is 0.308. The van der Waals surface area contributed by atoms with E-state index >= 15 is 0 Å². The molecule has 0 bridgehead atoms. The number of carbonyl (C=O) groups is 1. The Bertz CT molecular complexity index is 579. The summed E-state index contributed by atoms with van der Waals surface area (Å²) < 4.78 is 13.8. The van der Waals surface area contributed by atoms with Crippen LogP contribution in [0.3, 0.4) is 0 Å². The number of rotatable bonds is 3. The molecule has 0 aliphatic heterocycles. The van der Waals surface area contributed by atoms with Crippen molar-refractivity contribution in [2.75, 3.05) is 13.6 Å². The lowest BCUT2D eigenvalue weighted by Crippen LogP contribution is -2.32. The number of nitrogens with zero attached hydrogens (tertiary/aromatic N) is 1. The van der Waals surface area contributed by atoms with Crippen LogP contribution in [0.4, 0.5) is 4.39 Å². The number of hydrogen-bond acceptors (Lipinski definition) is 3. The van der Waals surface area contributed by atoms with E-state index in [2.05, 4.69) is 0 Å². The van der Waals surface area contributed by atoms with Gasteiger partial charge in [-0.05, 0) is 30.5 Å². The maximum atomic E-state index is 13.1. The minimum Gasteiger partial charge on any atom is -0.392 e. The van der Waals surface area contributed by atoms with Gasteiger partial charge in [0.2, 0.25) is 0 Å². The van der Waals surface area contributed by atoms with Gasteiger partial charge >= 0.3 is 0 Å². The van der Waals surface area contributed by atoms with Crippen molar-refractivity contribution < 1.29 is 14.3 Å². The number of aliphatic hydroxyl groups excluding tert-OH is 1. The summed E-state index contributed by atoms with van der Waals surface area (Å²) in [4.78, 5) is 14.1. The summed E-state index contributed by atoms with van der Waals surface area (Å²) in [5, 5.41) is 10.1. The van der Waals surface area contributed by atoms with Crippen LogP contribution in [0.25, 0.3) is 10.1 Å². The van der Waals surface area contributed by atoms with Gasteiger partial charge in [-0.25, -0.2) is 4.39 Å². The van der Waals surface area contributed by atoms with E-state index in [1.807, 2.05) is 0 Å². The highest BCUT2D eigenvalue weighted by Gasteiger charge is 2.16. The predicted molar refractivity (Wildman–Crippen MR) is 70.4 cm³/mol. The lowest BCUT2D eigenvalue weighted by atomic mass is 10.2. The Morgan fingerprint density at radius 3 is 2.89 bits per heavy atom. The molecule has 1 aromatic heterocycles. The van der Waals surface area contributed by atoms with Gasteiger partial charge in [0, 0.05) is 18.3 Å². The maximum Gasteiger partial charge on any atom is 0.263 e. The van der Waals surface area contributed by atoms with Crippen LogP contribution in [0, 0.1) is 5.82 Å². The molecule has 2 aromatic rings. The Morgan fingerprint density at radius 1 is 1.50 bits per heavy atom. The van der Waals surface area contributed by atoms with Crippen molar-refractivity contribution in [2.24, 2.45) is 0 Å². The topological polar surface area (TPSA) is 40.5 Å². The molecule has 5 heteroatoms. The Morgan fingerprint density at radius 2 is 2.22 bits per heavy atom. The van der Waals surface area contributed by atoms with Crippen LogP contribution in [0.15, 0.2) is 24.3 Å². The van der Waals surface area contributed by atoms with Crippen molar-refractivity contribution in [3.05, 3.63) is 35.0 Å². The van der Waals surface area contributed by atoms with Crippen LogP contribution < -0.4 is 0 Å². The normalized spacial score (nSPS) is 12.7. The van der Waals surface area contributed by atoms with Crippen LogP contribution >= 0.6 is 11.3 Å². The molecule has 1 atom stereocenters. The summed E-state index contributed by atoms with van der Waals surface area (Å²) in [5.74, 6) is -0.460. The van der Waals surface area contributed by atoms with Crippen molar-refractivity contribution in [2.45, 2.75) is 13.0 Å². The summed E-state index contributed by atoms with van der Waals surface area (Å²) in [7, 11) is 1.64. The van der Waals surface area contributed by atoms with Crippen molar-refractivity contribution in [3.63, 3.8) is 0 Å². The third-order valence-corrected chi connectivity index (χ3v) is 3.66. The van der Waals surface area contributed by atoms with E-state index in [9.17, 15) is 14.3 Å². The molecule has 0 fully saturated rings. The summed E-state index contributed by atoms with van der Waals surface area (Å²) in [6.07, 6.45) is -0.564. The second-order valence-electron chi connectivity index (χ2n) is 4.33. The first-order valence-electron chi connectivity index (χ1n) is 5.60. The second-order valence-corrected chi connectivity index (χ2v) is 5.41. The SMILES string of the molecule is CC(O)CN(C)C(=O)c1cc2ccc(F)cc2s1. The molecule has 0 saturated heterocycles. The van der Waals surface area contributed by atoms with Gasteiger partial charge in [-0.2, -0.15) is 0 Å². The molecule has 0 saturated carbocycles. The highest BCUT2D eigenvalue weighted by atomic mass is 32.1. The standard InChI is InChI=1S/C13H14FNO2S/c1-8(16)7-15(2)13(17)12-5-9-3-4-10(14)6-11(9)18-12/h3-6,8,16H,7H2,1-2H3. The van der Waals surface area contributed by atoms with Crippen LogP contribution in [0.2, 0.25) is 0 Å². The number of benzene rings is 1.